The van der Waals surface area contributed by atoms with Crippen LogP contribution in [0.5, 0.6) is 5.75 Å². The minimum Gasteiger partial charge on any atom is -0.484 e. The van der Waals surface area contributed by atoms with E-state index in [4.69, 9.17) is 4.74 Å². The molecule has 0 aromatic heterocycles. The molecule has 0 radical (unpaired) electrons. The van der Waals surface area contributed by atoms with Gasteiger partial charge >= 0.3 is 0 Å². The van der Waals surface area contributed by atoms with Gasteiger partial charge in [-0.15, -0.1) is 0 Å². The Morgan fingerprint density at radius 2 is 1.83 bits per heavy atom. The number of benzene rings is 2. The Labute approximate surface area is 173 Å². The predicted octanol–water partition coefficient (Wildman–Crippen LogP) is 4.83. The fourth-order valence-electron chi connectivity index (χ4n) is 3.44. The molecule has 0 unspecified atom stereocenters. The second-order valence-corrected chi connectivity index (χ2v) is 8.61. The molecule has 5 nitrogen and oxygen atoms in total. The molecule has 3 rings (SSSR count). The molecule has 2 aromatic rings. The van der Waals surface area contributed by atoms with E-state index >= 15 is 0 Å². The summed E-state index contributed by atoms with van der Waals surface area (Å²) in [6.45, 7) is 9.11. The number of carbonyl (C=O) groups excluding carboxylic acids is 2. The van der Waals surface area contributed by atoms with Crippen molar-refractivity contribution in [1.29, 1.82) is 0 Å². The maximum absolute atomic E-state index is 12.3. The maximum atomic E-state index is 12.3. The summed E-state index contributed by atoms with van der Waals surface area (Å²) in [6.07, 6.45) is 2.53. The van der Waals surface area contributed by atoms with Gasteiger partial charge in [-0.1, -0.05) is 39.0 Å². The molecule has 1 heterocycles. The number of hydrogen-bond acceptors (Lipinski definition) is 3. The Hall–Kier alpha value is -2.82. The van der Waals surface area contributed by atoms with E-state index in [0.29, 0.717) is 17.9 Å². The zero-order chi connectivity index (χ0) is 21.0. The first-order valence-corrected chi connectivity index (χ1v) is 10.2. The zero-order valence-electron chi connectivity index (χ0n) is 17.7. The average molecular weight is 395 g/mol. The van der Waals surface area contributed by atoms with E-state index in [1.165, 1.54) is 5.56 Å². The molecule has 0 spiro atoms. The van der Waals surface area contributed by atoms with Crippen molar-refractivity contribution in [2.24, 2.45) is 0 Å². The molecule has 1 aliphatic rings. The number of aryl methyl sites for hydroxylation is 1. The summed E-state index contributed by atoms with van der Waals surface area (Å²) >= 11 is 0. The highest BCUT2D eigenvalue weighted by Gasteiger charge is 2.21. The summed E-state index contributed by atoms with van der Waals surface area (Å²) in [5.74, 6) is 0.575. The highest BCUT2D eigenvalue weighted by atomic mass is 16.5. The lowest BCUT2D eigenvalue weighted by Gasteiger charge is -2.28. The summed E-state index contributed by atoms with van der Waals surface area (Å²) in [6, 6.07) is 13.5. The first-order valence-electron chi connectivity index (χ1n) is 10.2. The zero-order valence-corrected chi connectivity index (χ0v) is 17.7. The minimum atomic E-state index is -0.232. The van der Waals surface area contributed by atoms with Gasteiger partial charge in [-0.3, -0.25) is 9.59 Å². The van der Waals surface area contributed by atoms with Crippen LogP contribution in [0.1, 0.15) is 51.2 Å². The van der Waals surface area contributed by atoms with Crippen molar-refractivity contribution >= 4 is 23.2 Å². The lowest BCUT2D eigenvalue weighted by atomic mass is 9.87. The lowest BCUT2D eigenvalue weighted by Crippen LogP contribution is -2.35. The third-order valence-corrected chi connectivity index (χ3v) is 5.20. The van der Waals surface area contributed by atoms with Crippen molar-refractivity contribution in [3.8, 4) is 5.75 Å². The van der Waals surface area contributed by atoms with Crippen LogP contribution in [0.15, 0.2) is 42.5 Å². The van der Waals surface area contributed by atoms with Crippen LogP contribution in [0.4, 0.5) is 11.4 Å². The van der Waals surface area contributed by atoms with Gasteiger partial charge in [0.25, 0.3) is 5.91 Å². The van der Waals surface area contributed by atoms with Gasteiger partial charge < -0.3 is 15.0 Å². The number of anilines is 2. The van der Waals surface area contributed by atoms with Crippen molar-refractivity contribution in [1.82, 2.24) is 0 Å². The van der Waals surface area contributed by atoms with Crippen molar-refractivity contribution in [2.45, 2.75) is 52.4 Å². The van der Waals surface area contributed by atoms with Crippen LogP contribution in [0.2, 0.25) is 0 Å². The smallest absolute Gasteiger partial charge is 0.262 e. The van der Waals surface area contributed by atoms with E-state index in [9.17, 15) is 9.59 Å². The number of nitrogens with one attached hydrogen (secondary N) is 1. The Bertz CT molecular complexity index is 882. The molecular formula is C24H30N2O3. The Kier molecular flexibility index (Phi) is 6.26. The van der Waals surface area contributed by atoms with Crippen LogP contribution in [-0.4, -0.2) is 25.0 Å². The average Bonchev–Trinajstić information content (AvgIpc) is 2.68. The van der Waals surface area contributed by atoms with Crippen molar-refractivity contribution < 1.29 is 14.3 Å². The van der Waals surface area contributed by atoms with E-state index in [1.54, 1.807) is 0 Å². The molecule has 1 fully saturated rings. The number of carbonyl (C=O) groups is 2. The van der Waals surface area contributed by atoms with Crippen molar-refractivity contribution in [3.05, 3.63) is 53.6 Å². The van der Waals surface area contributed by atoms with Crippen molar-refractivity contribution in [3.63, 3.8) is 0 Å². The van der Waals surface area contributed by atoms with Gasteiger partial charge in [0.2, 0.25) is 5.91 Å². The van der Waals surface area contributed by atoms with Crippen LogP contribution in [0, 0.1) is 6.92 Å². The van der Waals surface area contributed by atoms with Crippen LogP contribution in [0.25, 0.3) is 0 Å². The topological polar surface area (TPSA) is 58.6 Å². The number of ether oxygens (including phenoxy) is 1. The molecule has 0 atom stereocenters. The number of piperidine rings is 1. The normalized spacial score (nSPS) is 14.6. The summed E-state index contributed by atoms with van der Waals surface area (Å²) < 4.78 is 5.62. The molecule has 0 bridgehead atoms. The highest BCUT2D eigenvalue weighted by molar-refractivity contribution is 5.97. The second kappa shape index (κ2) is 8.68. The molecule has 2 amide bonds. The first-order chi connectivity index (χ1) is 13.7. The van der Waals surface area contributed by atoms with Crippen molar-refractivity contribution in [2.75, 3.05) is 23.4 Å². The molecule has 5 heteroatoms. The summed E-state index contributed by atoms with van der Waals surface area (Å²) in [4.78, 5) is 26.4. The Morgan fingerprint density at radius 3 is 2.48 bits per heavy atom. The van der Waals surface area contributed by atoms with Crippen LogP contribution in [-0.2, 0) is 15.0 Å². The van der Waals surface area contributed by atoms with E-state index in [2.05, 4.69) is 26.1 Å². The largest absolute Gasteiger partial charge is 0.484 e. The van der Waals surface area contributed by atoms with E-state index in [0.717, 1.165) is 30.6 Å². The van der Waals surface area contributed by atoms with Crippen LogP contribution in [0.3, 0.4) is 0 Å². The van der Waals surface area contributed by atoms with Gasteiger partial charge in [-0.2, -0.15) is 0 Å². The molecular weight excluding hydrogens is 364 g/mol. The highest BCUT2D eigenvalue weighted by Crippen LogP contribution is 2.28. The number of amides is 2. The fourth-order valence-corrected chi connectivity index (χ4v) is 3.44. The van der Waals surface area contributed by atoms with Gasteiger partial charge in [-0.05, 0) is 60.6 Å². The SMILES string of the molecule is Cc1ccc(NC(=O)COc2ccc(C(C)(C)C)cc2)cc1N1CCCCC1=O. The van der Waals surface area contributed by atoms with E-state index < -0.39 is 0 Å². The maximum Gasteiger partial charge on any atom is 0.262 e. The van der Waals surface area contributed by atoms with Gasteiger partial charge in [-0.25, -0.2) is 0 Å². The molecule has 154 valence electrons. The molecule has 1 N–H and O–H groups in total. The number of hydrogen-bond donors (Lipinski definition) is 1. The molecule has 0 saturated carbocycles. The Balaban J connectivity index is 1.60. The molecule has 1 aliphatic heterocycles. The molecule has 29 heavy (non-hydrogen) atoms. The van der Waals surface area contributed by atoms with Crippen LogP contribution < -0.4 is 15.0 Å². The van der Waals surface area contributed by atoms with E-state index in [-0.39, 0.29) is 23.8 Å². The van der Waals surface area contributed by atoms with E-state index in [1.807, 2.05) is 54.3 Å². The molecule has 2 aromatic carbocycles. The number of nitrogens with zero attached hydrogens (tertiary/aromatic N) is 1. The summed E-state index contributed by atoms with van der Waals surface area (Å²) in [5.41, 5.74) is 3.85. The molecule has 1 saturated heterocycles. The lowest BCUT2D eigenvalue weighted by molar-refractivity contribution is -0.119. The standard InChI is InChI=1S/C24H30N2O3/c1-17-8-11-19(15-21(17)26-14-6-5-7-23(26)28)25-22(27)16-29-20-12-9-18(10-13-20)24(2,3)4/h8-13,15H,5-7,14,16H2,1-4H3,(H,25,27). The van der Waals surface area contributed by atoms with Gasteiger partial charge in [0.1, 0.15) is 5.75 Å². The fraction of sp³-hybridized carbons (Fsp3) is 0.417. The third-order valence-electron chi connectivity index (χ3n) is 5.20. The minimum absolute atomic E-state index is 0.0687. The first kappa shape index (κ1) is 20.9. The second-order valence-electron chi connectivity index (χ2n) is 8.61. The van der Waals surface area contributed by atoms with Gasteiger partial charge in [0, 0.05) is 24.3 Å². The van der Waals surface area contributed by atoms with Gasteiger partial charge in [0.05, 0.1) is 0 Å². The monoisotopic (exact) mass is 394 g/mol. The Morgan fingerprint density at radius 1 is 1.10 bits per heavy atom. The summed E-state index contributed by atoms with van der Waals surface area (Å²) in [7, 11) is 0. The van der Waals surface area contributed by atoms with Crippen LogP contribution >= 0.6 is 0 Å². The predicted molar refractivity (Wildman–Crippen MR) is 117 cm³/mol. The summed E-state index contributed by atoms with van der Waals surface area (Å²) in [5, 5.41) is 2.87. The third kappa shape index (κ3) is 5.37. The quantitative estimate of drug-likeness (QED) is 0.790. The van der Waals surface area contributed by atoms with Gasteiger partial charge in [0.15, 0.2) is 6.61 Å². The molecule has 0 aliphatic carbocycles. The number of rotatable bonds is 5.